The minimum Gasteiger partial charge on any atom is -0.369 e. The molecule has 18 heavy (non-hydrogen) atoms. The standard InChI is InChI=1S/C9H8F4N4.ClH/c10-7-2-5(4-16-17-8(14)15)1-6(3-7)9(11,12)13;/h1-4H,(H4,14,15,17);1H/b16-4+;. The molecule has 0 unspecified atom stereocenters. The van der Waals surface area contributed by atoms with Crippen molar-refractivity contribution in [2.24, 2.45) is 10.8 Å². The van der Waals surface area contributed by atoms with Crippen molar-refractivity contribution >= 4 is 24.6 Å². The van der Waals surface area contributed by atoms with Crippen molar-refractivity contribution in [3.05, 3.63) is 35.1 Å². The van der Waals surface area contributed by atoms with Crippen LogP contribution in [0.2, 0.25) is 0 Å². The molecular weight excluding hydrogens is 276 g/mol. The predicted molar refractivity (Wildman–Crippen MR) is 61.3 cm³/mol. The van der Waals surface area contributed by atoms with Gasteiger partial charge in [0.05, 0.1) is 11.8 Å². The summed E-state index contributed by atoms with van der Waals surface area (Å²) in [5, 5.41) is 10.1. The molecule has 0 radical (unpaired) electrons. The number of alkyl halides is 3. The molecule has 4 nitrogen and oxygen atoms in total. The summed E-state index contributed by atoms with van der Waals surface area (Å²) in [7, 11) is 0. The average molecular weight is 285 g/mol. The second-order valence-corrected chi connectivity index (χ2v) is 3.05. The Balaban J connectivity index is 0.00000289. The third-order valence-electron chi connectivity index (χ3n) is 1.65. The molecule has 1 aromatic carbocycles. The molecule has 100 valence electrons. The Hall–Kier alpha value is -1.83. The highest BCUT2D eigenvalue weighted by molar-refractivity contribution is 5.85. The highest BCUT2D eigenvalue weighted by Crippen LogP contribution is 2.30. The van der Waals surface area contributed by atoms with Crippen LogP contribution in [0.15, 0.2) is 23.3 Å². The summed E-state index contributed by atoms with van der Waals surface area (Å²) in [6.07, 6.45) is -3.70. The maximum atomic E-state index is 12.9. The average Bonchev–Trinajstić information content (AvgIpc) is 2.14. The summed E-state index contributed by atoms with van der Waals surface area (Å²) in [6, 6.07) is 1.99. The molecule has 0 atom stereocenters. The highest BCUT2D eigenvalue weighted by Gasteiger charge is 2.31. The van der Waals surface area contributed by atoms with E-state index in [1.54, 1.807) is 0 Å². The number of halogens is 5. The molecule has 0 amide bonds. The fourth-order valence-electron chi connectivity index (χ4n) is 1.03. The summed E-state index contributed by atoms with van der Waals surface area (Å²) < 4.78 is 49.8. The van der Waals surface area contributed by atoms with E-state index in [0.29, 0.717) is 6.07 Å². The minimum atomic E-state index is -4.63. The summed E-state index contributed by atoms with van der Waals surface area (Å²) in [6.45, 7) is 0. The van der Waals surface area contributed by atoms with Crippen molar-refractivity contribution in [3.8, 4) is 0 Å². The molecule has 4 N–H and O–H groups in total. The van der Waals surface area contributed by atoms with Gasteiger partial charge in [-0.05, 0) is 23.8 Å². The zero-order valence-corrected chi connectivity index (χ0v) is 9.57. The van der Waals surface area contributed by atoms with Gasteiger partial charge in [-0.3, -0.25) is 5.41 Å². The van der Waals surface area contributed by atoms with E-state index in [9.17, 15) is 17.6 Å². The molecule has 0 bridgehead atoms. The van der Waals surface area contributed by atoms with Crippen LogP contribution < -0.4 is 11.2 Å². The van der Waals surface area contributed by atoms with E-state index in [0.717, 1.165) is 18.3 Å². The molecule has 9 heteroatoms. The number of hydrogen-bond donors (Lipinski definition) is 3. The Morgan fingerprint density at radius 1 is 1.33 bits per heavy atom. The molecular formula is C9H9ClF4N4. The SMILES string of the molecule is Cl.N=C(N)N/N=C/c1cc(F)cc(C(F)(F)F)c1. The third kappa shape index (κ3) is 5.00. The monoisotopic (exact) mass is 284 g/mol. The van der Waals surface area contributed by atoms with Crippen LogP contribution in [-0.2, 0) is 6.18 Å². The van der Waals surface area contributed by atoms with Gasteiger partial charge < -0.3 is 5.73 Å². The lowest BCUT2D eigenvalue weighted by molar-refractivity contribution is -0.137. The van der Waals surface area contributed by atoms with Crippen molar-refractivity contribution < 1.29 is 17.6 Å². The number of nitrogens with two attached hydrogens (primary N) is 1. The molecule has 0 aliphatic heterocycles. The normalized spacial score (nSPS) is 11.1. The van der Waals surface area contributed by atoms with Gasteiger partial charge in [0.1, 0.15) is 5.82 Å². The van der Waals surface area contributed by atoms with E-state index in [1.807, 2.05) is 5.43 Å². The van der Waals surface area contributed by atoms with E-state index >= 15 is 0 Å². The molecule has 0 aliphatic rings. The zero-order chi connectivity index (χ0) is 13.1. The van der Waals surface area contributed by atoms with Gasteiger partial charge in [-0.15, -0.1) is 12.4 Å². The number of guanidine groups is 1. The first-order chi connectivity index (χ1) is 7.79. The molecule has 0 saturated heterocycles. The summed E-state index contributed by atoms with van der Waals surface area (Å²) in [5.74, 6) is -1.50. The van der Waals surface area contributed by atoms with Crippen molar-refractivity contribution in [1.82, 2.24) is 5.43 Å². The molecule has 0 spiro atoms. The molecule has 0 aromatic heterocycles. The van der Waals surface area contributed by atoms with E-state index in [4.69, 9.17) is 11.1 Å². The lowest BCUT2D eigenvalue weighted by Gasteiger charge is -2.07. The zero-order valence-electron chi connectivity index (χ0n) is 8.75. The smallest absolute Gasteiger partial charge is 0.369 e. The third-order valence-corrected chi connectivity index (χ3v) is 1.65. The first-order valence-corrected chi connectivity index (χ1v) is 4.30. The fourth-order valence-corrected chi connectivity index (χ4v) is 1.03. The van der Waals surface area contributed by atoms with Gasteiger partial charge in [-0.25, -0.2) is 9.82 Å². The molecule has 1 rings (SSSR count). The van der Waals surface area contributed by atoms with Crippen LogP contribution >= 0.6 is 12.4 Å². The first-order valence-electron chi connectivity index (χ1n) is 4.30. The Morgan fingerprint density at radius 2 is 1.94 bits per heavy atom. The van der Waals surface area contributed by atoms with Crippen LogP contribution in [0.25, 0.3) is 0 Å². The molecule has 1 aromatic rings. The van der Waals surface area contributed by atoms with Crippen molar-refractivity contribution in [2.45, 2.75) is 6.18 Å². The summed E-state index contributed by atoms with van der Waals surface area (Å²) in [4.78, 5) is 0. The Morgan fingerprint density at radius 3 is 2.44 bits per heavy atom. The first kappa shape index (κ1) is 16.2. The van der Waals surface area contributed by atoms with Crippen LogP contribution in [0, 0.1) is 11.2 Å². The van der Waals surface area contributed by atoms with Gasteiger partial charge in [0.25, 0.3) is 0 Å². The summed E-state index contributed by atoms with van der Waals surface area (Å²) in [5.41, 5.74) is 5.69. The maximum Gasteiger partial charge on any atom is 0.416 e. The van der Waals surface area contributed by atoms with E-state index < -0.39 is 23.5 Å². The number of hydrazone groups is 1. The number of benzene rings is 1. The topological polar surface area (TPSA) is 74.3 Å². The van der Waals surface area contributed by atoms with Crippen LogP contribution in [0.1, 0.15) is 11.1 Å². The predicted octanol–water partition coefficient (Wildman–Crippen LogP) is 2.08. The fraction of sp³-hybridized carbons (Fsp3) is 0.111. The molecule has 0 heterocycles. The van der Waals surface area contributed by atoms with E-state index in [2.05, 4.69) is 5.10 Å². The van der Waals surface area contributed by atoms with Crippen molar-refractivity contribution in [1.29, 1.82) is 5.41 Å². The van der Waals surface area contributed by atoms with Crippen LogP contribution in [0.4, 0.5) is 17.6 Å². The van der Waals surface area contributed by atoms with Crippen molar-refractivity contribution in [2.75, 3.05) is 0 Å². The van der Waals surface area contributed by atoms with Crippen LogP contribution in [0.5, 0.6) is 0 Å². The van der Waals surface area contributed by atoms with E-state index in [-0.39, 0.29) is 18.0 Å². The maximum absolute atomic E-state index is 12.9. The van der Waals surface area contributed by atoms with Crippen molar-refractivity contribution in [3.63, 3.8) is 0 Å². The number of nitrogens with one attached hydrogen (secondary N) is 2. The lowest BCUT2D eigenvalue weighted by atomic mass is 10.1. The Labute approximate surface area is 106 Å². The minimum absolute atomic E-state index is 0. The van der Waals surface area contributed by atoms with Gasteiger partial charge in [0, 0.05) is 0 Å². The molecule has 0 saturated carbocycles. The van der Waals surface area contributed by atoms with Gasteiger partial charge in [-0.2, -0.15) is 18.3 Å². The number of hydrogen-bond acceptors (Lipinski definition) is 2. The second kappa shape index (κ2) is 6.20. The van der Waals surface area contributed by atoms with Gasteiger partial charge in [0.2, 0.25) is 5.96 Å². The largest absolute Gasteiger partial charge is 0.416 e. The lowest BCUT2D eigenvalue weighted by Crippen LogP contribution is -2.25. The van der Waals surface area contributed by atoms with Gasteiger partial charge in [-0.1, -0.05) is 0 Å². The second-order valence-electron chi connectivity index (χ2n) is 3.05. The van der Waals surface area contributed by atoms with E-state index in [1.165, 1.54) is 0 Å². The number of rotatable bonds is 2. The molecule has 0 aliphatic carbocycles. The Bertz CT molecular complexity index is 458. The number of nitrogens with zero attached hydrogens (tertiary/aromatic N) is 1. The highest BCUT2D eigenvalue weighted by atomic mass is 35.5. The Kier molecular flexibility index (Phi) is 5.57. The quantitative estimate of drug-likeness (QED) is 0.337. The van der Waals surface area contributed by atoms with Crippen LogP contribution in [0.3, 0.4) is 0 Å². The molecule has 0 fully saturated rings. The van der Waals surface area contributed by atoms with Gasteiger partial charge >= 0.3 is 6.18 Å². The van der Waals surface area contributed by atoms with Gasteiger partial charge in [0.15, 0.2) is 0 Å². The van der Waals surface area contributed by atoms with Crippen LogP contribution in [-0.4, -0.2) is 12.2 Å². The summed E-state index contributed by atoms with van der Waals surface area (Å²) >= 11 is 0.